The number of hydrogen-bond donors (Lipinski definition) is 0. The van der Waals surface area contributed by atoms with Crippen molar-refractivity contribution in [1.82, 2.24) is 0 Å². The highest BCUT2D eigenvalue weighted by molar-refractivity contribution is 8.73. The Morgan fingerprint density at radius 1 is 1.29 bits per heavy atom. The van der Waals surface area contributed by atoms with E-state index in [4.69, 9.17) is 28.5 Å². The van der Waals surface area contributed by atoms with Gasteiger partial charge in [0, 0.05) is 0 Å². The van der Waals surface area contributed by atoms with Crippen LogP contribution in [0.15, 0.2) is 23.1 Å². The van der Waals surface area contributed by atoms with Gasteiger partial charge >= 0.3 is 0 Å². The van der Waals surface area contributed by atoms with Gasteiger partial charge in [-0.3, -0.25) is 0 Å². The van der Waals surface area contributed by atoms with E-state index in [0.717, 1.165) is 0 Å². The quantitative estimate of drug-likeness (QED) is 0.611. The maximum absolute atomic E-state index is 11.3. The summed E-state index contributed by atoms with van der Waals surface area (Å²) in [5.41, 5.74) is 0. The summed E-state index contributed by atoms with van der Waals surface area (Å²) in [5, 5.41) is 10.2. The molecule has 14 heavy (non-hydrogen) atoms. The second-order valence-corrected chi connectivity index (χ2v) is 6.56. The Morgan fingerprint density at radius 3 is 2.43 bits per heavy atom. The Bertz CT molecular complexity index is 493. The van der Waals surface area contributed by atoms with Gasteiger partial charge in [0.2, 0.25) is 8.87 Å². The Balaban J connectivity index is 3.23. The van der Waals surface area contributed by atoms with Crippen molar-refractivity contribution in [2.24, 2.45) is 0 Å². The molecule has 0 heterocycles. The molecule has 1 aromatic carbocycles. The topological polar surface area (TPSA) is 57.9 Å². The molecule has 0 aliphatic rings. The first kappa shape index (κ1) is 11.7. The number of nitriles is 1. The van der Waals surface area contributed by atoms with E-state index in [-0.39, 0.29) is 25.7 Å². The van der Waals surface area contributed by atoms with Gasteiger partial charge in [-0.15, -0.1) is 0 Å². The number of benzene rings is 1. The minimum atomic E-state index is -3.64. The smallest absolute Gasteiger partial charge is 0.211 e. The third-order valence-electron chi connectivity index (χ3n) is 1.33. The standard InChI is InChI=1S/C7H3Cl2NO2S2/c8-6-2-1-5(3-7(6)9)14(11,12)13-4-10/h1-3H. The average Bonchev–Trinajstić information content (AvgIpc) is 2.09. The highest BCUT2D eigenvalue weighted by Crippen LogP contribution is 2.28. The number of rotatable bonds is 2. The van der Waals surface area contributed by atoms with Crippen LogP contribution in [0.4, 0.5) is 0 Å². The molecule has 0 unspecified atom stereocenters. The highest BCUT2D eigenvalue weighted by Gasteiger charge is 2.16. The van der Waals surface area contributed by atoms with E-state index < -0.39 is 8.87 Å². The van der Waals surface area contributed by atoms with Crippen molar-refractivity contribution in [3.8, 4) is 5.40 Å². The molecule has 0 radical (unpaired) electrons. The van der Waals surface area contributed by atoms with Gasteiger partial charge < -0.3 is 0 Å². The Hall–Kier alpha value is -0.410. The molecule has 1 aromatic rings. The van der Waals surface area contributed by atoms with Crippen LogP contribution in [0.5, 0.6) is 0 Å². The molecule has 0 atom stereocenters. The summed E-state index contributed by atoms with van der Waals surface area (Å²) < 4.78 is 22.7. The molecule has 0 bridgehead atoms. The van der Waals surface area contributed by atoms with Crippen LogP contribution < -0.4 is 0 Å². The summed E-state index contributed by atoms with van der Waals surface area (Å²) >= 11 is 11.2. The summed E-state index contributed by atoms with van der Waals surface area (Å²) in [6.07, 6.45) is 0. The minimum Gasteiger partial charge on any atom is -0.211 e. The largest absolute Gasteiger partial charge is 0.243 e. The monoisotopic (exact) mass is 267 g/mol. The number of halogens is 2. The number of hydrogen-bond acceptors (Lipinski definition) is 4. The summed E-state index contributed by atoms with van der Waals surface area (Å²) in [6, 6.07) is 3.88. The Kier molecular flexibility index (Phi) is 3.67. The lowest BCUT2D eigenvalue weighted by Gasteiger charge is -2.00. The van der Waals surface area contributed by atoms with Gasteiger partial charge in [0.25, 0.3) is 0 Å². The molecule has 1 rings (SSSR count). The van der Waals surface area contributed by atoms with Crippen molar-refractivity contribution in [3.63, 3.8) is 0 Å². The molecule has 0 aliphatic heterocycles. The lowest BCUT2D eigenvalue weighted by molar-refractivity contribution is 0.610. The second-order valence-electron chi connectivity index (χ2n) is 2.20. The zero-order valence-corrected chi connectivity index (χ0v) is 9.71. The molecular formula is C7H3Cl2NO2S2. The Morgan fingerprint density at radius 2 is 1.93 bits per heavy atom. The van der Waals surface area contributed by atoms with Crippen LogP contribution in [0.1, 0.15) is 0 Å². The average molecular weight is 268 g/mol. The molecule has 0 N–H and O–H groups in total. The van der Waals surface area contributed by atoms with Crippen molar-refractivity contribution in [2.45, 2.75) is 4.90 Å². The van der Waals surface area contributed by atoms with E-state index in [0.29, 0.717) is 0 Å². The number of nitrogens with zero attached hydrogens (tertiary/aromatic N) is 1. The molecule has 0 fully saturated rings. The van der Waals surface area contributed by atoms with Crippen LogP contribution in [0.3, 0.4) is 0 Å². The molecule has 7 heteroatoms. The van der Waals surface area contributed by atoms with Crippen molar-refractivity contribution in [1.29, 1.82) is 5.26 Å². The lowest BCUT2D eigenvalue weighted by Crippen LogP contribution is -1.93. The van der Waals surface area contributed by atoms with Gasteiger partial charge in [-0.25, -0.2) is 8.42 Å². The van der Waals surface area contributed by atoms with Gasteiger partial charge in [0.1, 0.15) is 5.40 Å². The van der Waals surface area contributed by atoms with Crippen LogP contribution in [0, 0.1) is 10.7 Å². The maximum Gasteiger partial charge on any atom is 0.243 e. The van der Waals surface area contributed by atoms with Crippen LogP contribution in [-0.2, 0) is 8.87 Å². The molecular weight excluding hydrogens is 265 g/mol. The summed E-state index contributed by atoms with van der Waals surface area (Å²) in [4.78, 5) is -0.0292. The SMILES string of the molecule is N#CSS(=O)(=O)c1ccc(Cl)c(Cl)c1. The molecule has 0 saturated carbocycles. The molecule has 3 nitrogen and oxygen atoms in total. The fourth-order valence-corrected chi connectivity index (χ4v) is 2.68. The van der Waals surface area contributed by atoms with Crippen LogP contribution in [0.25, 0.3) is 0 Å². The molecule has 0 amide bonds. The van der Waals surface area contributed by atoms with Crippen LogP contribution in [-0.4, -0.2) is 8.42 Å². The molecule has 74 valence electrons. The predicted octanol–water partition coefficient (Wildman–Crippen LogP) is 2.90. The van der Waals surface area contributed by atoms with Crippen molar-refractivity contribution in [3.05, 3.63) is 28.2 Å². The lowest BCUT2D eigenvalue weighted by atomic mass is 10.4. The van der Waals surface area contributed by atoms with Crippen molar-refractivity contribution >= 4 is 42.9 Å². The highest BCUT2D eigenvalue weighted by atomic mass is 35.5. The zero-order chi connectivity index (χ0) is 10.8. The van der Waals surface area contributed by atoms with Crippen molar-refractivity contribution < 1.29 is 8.42 Å². The van der Waals surface area contributed by atoms with E-state index in [2.05, 4.69) is 0 Å². The first-order chi connectivity index (χ1) is 6.47. The first-order valence-electron chi connectivity index (χ1n) is 3.25. The van der Waals surface area contributed by atoms with Gasteiger partial charge in [-0.2, -0.15) is 5.26 Å². The van der Waals surface area contributed by atoms with Gasteiger partial charge in [-0.1, -0.05) is 23.2 Å². The third-order valence-corrected chi connectivity index (χ3v) is 4.65. The first-order valence-corrected chi connectivity index (χ1v) is 6.82. The predicted molar refractivity (Wildman–Crippen MR) is 56.9 cm³/mol. The maximum atomic E-state index is 11.3. The molecule has 0 aliphatic carbocycles. The van der Waals surface area contributed by atoms with Crippen LogP contribution >= 0.6 is 34.0 Å². The molecule has 0 saturated heterocycles. The molecule has 0 aromatic heterocycles. The fraction of sp³-hybridized carbons (Fsp3) is 0. The minimum absolute atomic E-state index is 0.0292. The summed E-state index contributed by atoms with van der Waals surface area (Å²) in [5.74, 6) is 0. The normalized spacial score (nSPS) is 10.9. The van der Waals surface area contributed by atoms with E-state index >= 15 is 0 Å². The number of thiocyanates is 1. The molecule has 0 spiro atoms. The van der Waals surface area contributed by atoms with Gasteiger partial charge in [-0.05, 0) is 18.2 Å². The van der Waals surface area contributed by atoms with Crippen molar-refractivity contribution in [2.75, 3.05) is 0 Å². The van der Waals surface area contributed by atoms with E-state index in [1.165, 1.54) is 23.6 Å². The van der Waals surface area contributed by atoms with E-state index in [9.17, 15) is 8.42 Å². The zero-order valence-electron chi connectivity index (χ0n) is 6.57. The third kappa shape index (κ3) is 2.55. The van der Waals surface area contributed by atoms with Crippen LogP contribution in [0.2, 0.25) is 10.0 Å². The fourth-order valence-electron chi connectivity index (χ4n) is 0.730. The van der Waals surface area contributed by atoms with Gasteiger partial charge in [0.05, 0.1) is 25.7 Å². The van der Waals surface area contributed by atoms with E-state index in [1.807, 2.05) is 0 Å². The summed E-state index contributed by atoms with van der Waals surface area (Å²) in [6.45, 7) is 0. The Labute approximate surface area is 94.9 Å². The summed E-state index contributed by atoms with van der Waals surface area (Å²) in [7, 11) is -3.46. The van der Waals surface area contributed by atoms with Gasteiger partial charge in [0.15, 0.2) is 0 Å². The van der Waals surface area contributed by atoms with E-state index in [1.54, 1.807) is 0 Å². The second kappa shape index (κ2) is 4.41.